The van der Waals surface area contributed by atoms with E-state index in [1.165, 1.54) is 17.3 Å². The van der Waals surface area contributed by atoms with Gasteiger partial charge in [-0.1, -0.05) is 60.6 Å². The van der Waals surface area contributed by atoms with Crippen LogP contribution in [0.2, 0.25) is 0 Å². The van der Waals surface area contributed by atoms with E-state index in [4.69, 9.17) is 0 Å². The van der Waals surface area contributed by atoms with E-state index < -0.39 is 0 Å². The predicted octanol–water partition coefficient (Wildman–Crippen LogP) is 3.76. The molecular weight excluding hydrogens is 370 g/mol. The van der Waals surface area contributed by atoms with Gasteiger partial charge >= 0.3 is 0 Å². The fourth-order valence-corrected chi connectivity index (χ4v) is 3.60. The molecular formula is C22H25N3O2S. The fraction of sp³-hybridized carbons (Fsp3) is 0.318. The number of thioether (sulfide) groups is 1. The first kappa shape index (κ1) is 20.1. The first-order valence-corrected chi connectivity index (χ1v) is 10.4. The highest BCUT2D eigenvalue weighted by atomic mass is 32.2. The molecule has 2 aromatic carbocycles. The number of hydrogen-bond acceptors (Lipinski definition) is 4. The molecule has 3 aromatic rings. The van der Waals surface area contributed by atoms with Gasteiger partial charge in [-0.3, -0.25) is 14.2 Å². The third kappa shape index (κ3) is 4.81. The predicted molar refractivity (Wildman–Crippen MR) is 115 cm³/mol. The van der Waals surface area contributed by atoms with Gasteiger partial charge in [0.05, 0.1) is 23.3 Å². The van der Waals surface area contributed by atoms with Crippen molar-refractivity contribution in [1.82, 2.24) is 14.9 Å². The van der Waals surface area contributed by atoms with Crippen molar-refractivity contribution in [2.24, 2.45) is 0 Å². The Hall–Kier alpha value is -2.60. The van der Waals surface area contributed by atoms with Gasteiger partial charge in [-0.2, -0.15) is 0 Å². The molecule has 0 aliphatic heterocycles. The van der Waals surface area contributed by atoms with Crippen molar-refractivity contribution in [2.45, 2.75) is 44.8 Å². The lowest BCUT2D eigenvalue weighted by molar-refractivity contribution is -0.119. The van der Waals surface area contributed by atoms with Crippen molar-refractivity contribution >= 4 is 28.7 Å². The Kier molecular flexibility index (Phi) is 6.52. The number of amides is 1. The maximum atomic E-state index is 13.1. The summed E-state index contributed by atoms with van der Waals surface area (Å²) in [6.07, 6.45) is 0.869. The van der Waals surface area contributed by atoms with Gasteiger partial charge < -0.3 is 5.32 Å². The molecule has 0 saturated carbocycles. The molecule has 0 radical (unpaired) electrons. The maximum absolute atomic E-state index is 13.1. The summed E-state index contributed by atoms with van der Waals surface area (Å²) in [4.78, 5) is 29.7. The summed E-state index contributed by atoms with van der Waals surface area (Å²) in [5.41, 5.74) is 3.61. The molecule has 0 spiro atoms. The lowest BCUT2D eigenvalue weighted by Gasteiger charge is -2.13. The summed E-state index contributed by atoms with van der Waals surface area (Å²) in [5, 5.41) is 3.27. The van der Waals surface area contributed by atoms with E-state index in [1.807, 2.05) is 69.3 Å². The molecule has 28 heavy (non-hydrogen) atoms. The summed E-state index contributed by atoms with van der Waals surface area (Å²) in [6.45, 7) is 6.49. The van der Waals surface area contributed by atoms with Crippen molar-refractivity contribution in [3.8, 4) is 0 Å². The van der Waals surface area contributed by atoms with Gasteiger partial charge in [0.1, 0.15) is 0 Å². The average Bonchev–Trinajstić information content (AvgIpc) is 2.70. The third-order valence-corrected chi connectivity index (χ3v) is 5.59. The molecule has 0 aliphatic carbocycles. The van der Waals surface area contributed by atoms with E-state index in [9.17, 15) is 9.59 Å². The van der Waals surface area contributed by atoms with E-state index >= 15 is 0 Å². The van der Waals surface area contributed by atoms with Gasteiger partial charge in [0.25, 0.3) is 5.56 Å². The number of aryl methyl sites for hydroxylation is 1. The van der Waals surface area contributed by atoms with Gasteiger partial charge in [-0.15, -0.1) is 0 Å². The van der Waals surface area contributed by atoms with Crippen LogP contribution in [-0.2, 0) is 11.3 Å². The molecule has 1 heterocycles. The monoisotopic (exact) mass is 395 g/mol. The van der Waals surface area contributed by atoms with Crippen LogP contribution in [0.1, 0.15) is 31.4 Å². The zero-order valence-corrected chi connectivity index (χ0v) is 17.3. The molecule has 0 fully saturated rings. The van der Waals surface area contributed by atoms with Gasteiger partial charge in [0, 0.05) is 6.04 Å². The summed E-state index contributed by atoms with van der Waals surface area (Å²) in [5.74, 6) is 0.0916. The zero-order valence-electron chi connectivity index (χ0n) is 16.4. The standard InChI is InChI=1S/C22H25N3O2S/c1-4-16(3)23-20(26)14-28-21-22(27)25(13-17-11-9-15(2)10-12-17)19-8-6-5-7-18(19)24-21/h5-12,16H,4,13-14H2,1-3H3,(H,23,26)/t16-/m0/s1. The molecule has 1 amide bonds. The van der Waals surface area contributed by atoms with Crippen LogP contribution < -0.4 is 10.9 Å². The Morgan fingerprint density at radius 2 is 1.89 bits per heavy atom. The van der Waals surface area contributed by atoms with E-state index in [-0.39, 0.29) is 23.3 Å². The second kappa shape index (κ2) is 9.06. The number of nitrogens with one attached hydrogen (secondary N) is 1. The molecule has 3 rings (SSSR count). The first-order valence-electron chi connectivity index (χ1n) is 9.45. The minimum atomic E-state index is -0.166. The number of nitrogens with zero attached hydrogens (tertiary/aromatic N) is 2. The Morgan fingerprint density at radius 3 is 2.61 bits per heavy atom. The molecule has 1 aromatic heterocycles. The molecule has 0 saturated heterocycles. The Labute approximate surface area is 169 Å². The van der Waals surface area contributed by atoms with Crippen molar-refractivity contribution < 1.29 is 4.79 Å². The van der Waals surface area contributed by atoms with Crippen molar-refractivity contribution in [1.29, 1.82) is 0 Å². The number of carbonyl (C=O) groups excluding carboxylic acids is 1. The Bertz CT molecular complexity index is 1030. The van der Waals surface area contributed by atoms with Crippen LogP contribution in [-0.4, -0.2) is 27.3 Å². The highest BCUT2D eigenvalue weighted by molar-refractivity contribution is 7.99. The van der Waals surface area contributed by atoms with Crippen LogP contribution >= 0.6 is 11.8 Å². The summed E-state index contributed by atoms with van der Waals surface area (Å²) >= 11 is 1.19. The maximum Gasteiger partial charge on any atom is 0.283 e. The van der Waals surface area contributed by atoms with Gasteiger partial charge in [-0.05, 0) is 38.0 Å². The highest BCUT2D eigenvalue weighted by Crippen LogP contribution is 2.18. The molecule has 1 atom stereocenters. The smallest absolute Gasteiger partial charge is 0.283 e. The average molecular weight is 396 g/mol. The number of hydrogen-bond donors (Lipinski definition) is 1. The molecule has 5 nitrogen and oxygen atoms in total. The summed E-state index contributed by atoms with van der Waals surface area (Å²) in [6, 6.07) is 15.9. The van der Waals surface area contributed by atoms with Crippen LogP contribution in [0.3, 0.4) is 0 Å². The number of aromatic nitrogens is 2. The highest BCUT2D eigenvalue weighted by Gasteiger charge is 2.14. The largest absolute Gasteiger partial charge is 0.353 e. The third-order valence-electron chi connectivity index (χ3n) is 4.64. The van der Waals surface area contributed by atoms with Crippen LogP contribution in [0.5, 0.6) is 0 Å². The Balaban J connectivity index is 1.91. The molecule has 0 unspecified atom stereocenters. The summed E-state index contributed by atoms with van der Waals surface area (Å²) in [7, 11) is 0. The van der Waals surface area contributed by atoms with E-state index in [2.05, 4.69) is 10.3 Å². The van der Waals surface area contributed by atoms with Gasteiger partial charge in [0.15, 0.2) is 5.03 Å². The summed E-state index contributed by atoms with van der Waals surface area (Å²) < 4.78 is 1.74. The van der Waals surface area contributed by atoms with E-state index in [0.717, 1.165) is 23.0 Å². The number of rotatable bonds is 7. The van der Waals surface area contributed by atoms with E-state index in [0.29, 0.717) is 11.6 Å². The van der Waals surface area contributed by atoms with Crippen LogP contribution in [0.15, 0.2) is 58.4 Å². The minimum Gasteiger partial charge on any atom is -0.353 e. The number of benzene rings is 2. The van der Waals surface area contributed by atoms with Crippen LogP contribution in [0.4, 0.5) is 0 Å². The van der Waals surface area contributed by atoms with Crippen LogP contribution in [0, 0.1) is 6.92 Å². The van der Waals surface area contributed by atoms with Crippen molar-refractivity contribution in [3.63, 3.8) is 0 Å². The number of para-hydroxylation sites is 2. The van der Waals surface area contributed by atoms with Crippen LogP contribution in [0.25, 0.3) is 11.0 Å². The molecule has 1 N–H and O–H groups in total. The van der Waals surface area contributed by atoms with Crippen molar-refractivity contribution in [3.05, 3.63) is 70.0 Å². The normalized spacial score (nSPS) is 12.1. The molecule has 0 bridgehead atoms. The van der Waals surface area contributed by atoms with Gasteiger partial charge in [-0.25, -0.2) is 4.98 Å². The second-order valence-corrected chi connectivity index (χ2v) is 7.91. The topological polar surface area (TPSA) is 64.0 Å². The Morgan fingerprint density at radius 1 is 1.18 bits per heavy atom. The minimum absolute atomic E-state index is 0.0845. The quantitative estimate of drug-likeness (QED) is 0.619. The fourth-order valence-electron chi connectivity index (χ4n) is 2.85. The first-order chi connectivity index (χ1) is 13.5. The zero-order chi connectivity index (χ0) is 20.1. The van der Waals surface area contributed by atoms with E-state index in [1.54, 1.807) is 4.57 Å². The molecule has 0 aliphatic rings. The van der Waals surface area contributed by atoms with Gasteiger partial charge in [0.2, 0.25) is 5.91 Å². The number of carbonyl (C=O) groups is 1. The lowest BCUT2D eigenvalue weighted by Crippen LogP contribution is -2.33. The molecule has 146 valence electrons. The molecule has 6 heteroatoms. The second-order valence-electron chi connectivity index (χ2n) is 6.95. The number of fused-ring (bicyclic) bond motifs is 1. The van der Waals surface area contributed by atoms with Crippen molar-refractivity contribution in [2.75, 3.05) is 5.75 Å². The lowest BCUT2D eigenvalue weighted by atomic mass is 10.1. The SMILES string of the molecule is CC[C@H](C)NC(=O)CSc1nc2ccccc2n(Cc2ccc(C)cc2)c1=O.